The van der Waals surface area contributed by atoms with Crippen molar-refractivity contribution in [2.24, 2.45) is 5.11 Å². The number of nitrogens with one attached hydrogen (secondary N) is 2. The molecule has 33 heavy (non-hydrogen) atoms. The summed E-state index contributed by atoms with van der Waals surface area (Å²) in [4.78, 5) is 0. The molecule has 0 radical (unpaired) electrons. The van der Waals surface area contributed by atoms with Crippen molar-refractivity contribution in [3.63, 3.8) is 0 Å². The molecular formula is C20H18Cl2F3N3O5. The molecule has 178 valence electrons. The Morgan fingerprint density at radius 1 is 1.12 bits per heavy atom. The molecule has 1 fully saturated rings. The molecule has 8 nitrogen and oxygen atoms in total. The highest BCUT2D eigenvalue weighted by atomic mass is 35.5. The lowest BCUT2D eigenvalue weighted by atomic mass is 9.96. The van der Waals surface area contributed by atoms with Crippen molar-refractivity contribution >= 4 is 28.9 Å². The molecule has 0 amide bonds. The van der Waals surface area contributed by atoms with Gasteiger partial charge in [0.15, 0.2) is 17.5 Å². The van der Waals surface area contributed by atoms with E-state index in [1.807, 2.05) is 0 Å². The summed E-state index contributed by atoms with van der Waals surface area (Å²) in [5.41, 5.74) is 6.65. The highest BCUT2D eigenvalue weighted by Crippen LogP contribution is 2.30. The molecule has 5 atom stereocenters. The Bertz CT molecular complexity index is 1040. The highest BCUT2D eigenvalue weighted by Gasteiger charge is 2.45. The molecule has 3 rings (SSSR count). The summed E-state index contributed by atoms with van der Waals surface area (Å²) in [6.45, 7) is -0.638. The third-order valence-corrected chi connectivity index (χ3v) is 5.58. The highest BCUT2D eigenvalue weighted by molar-refractivity contribution is 6.42. The zero-order valence-electron chi connectivity index (χ0n) is 16.6. The molecule has 0 spiro atoms. The first-order valence-corrected chi connectivity index (χ1v) is 10.1. The zero-order chi connectivity index (χ0) is 24.3. The van der Waals surface area contributed by atoms with Crippen LogP contribution in [0.4, 0.5) is 13.2 Å². The van der Waals surface area contributed by atoms with Crippen LogP contribution >= 0.6 is 23.2 Å². The van der Waals surface area contributed by atoms with Crippen LogP contribution in [0, 0.1) is 23.0 Å². The minimum atomic E-state index is -1.68. The number of aliphatic hydroxyl groups excluding tert-OH is 3. The van der Waals surface area contributed by atoms with Crippen molar-refractivity contribution in [1.29, 1.82) is 5.53 Å². The molecule has 2 aromatic rings. The number of benzene rings is 2. The average Bonchev–Trinajstić information content (AvgIpc) is 2.78. The van der Waals surface area contributed by atoms with Crippen LogP contribution in [-0.4, -0.2) is 52.6 Å². The van der Waals surface area contributed by atoms with Gasteiger partial charge in [-0.1, -0.05) is 23.2 Å². The minimum absolute atomic E-state index is 0.176. The molecular weight excluding hydrogens is 490 g/mol. The second kappa shape index (κ2) is 10.7. The summed E-state index contributed by atoms with van der Waals surface area (Å²) in [6, 6.07) is 4.31. The van der Waals surface area contributed by atoms with E-state index in [0.29, 0.717) is 12.1 Å². The quantitative estimate of drug-likeness (QED) is 0.289. The molecule has 0 aromatic heterocycles. The lowest BCUT2D eigenvalue weighted by Gasteiger charge is -2.42. The van der Waals surface area contributed by atoms with Crippen molar-refractivity contribution in [3.8, 4) is 5.75 Å². The number of nitrogens with zero attached hydrogens (tertiary/aromatic N) is 1. The molecule has 0 bridgehead atoms. The van der Waals surface area contributed by atoms with Gasteiger partial charge in [-0.15, -0.1) is 0 Å². The van der Waals surface area contributed by atoms with E-state index < -0.39 is 54.7 Å². The van der Waals surface area contributed by atoms with Crippen molar-refractivity contribution < 1.29 is 38.0 Å². The van der Waals surface area contributed by atoms with Crippen LogP contribution in [-0.2, 0) is 4.74 Å². The molecule has 5 N–H and O–H groups in total. The Morgan fingerprint density at radius 2 is 1.79 bits per heavy atom. The smallest absolute Gasteiger partial charge is 0.228 e. The molecule has 0 saturated carbocycles. The summed E-state index contributed by atoms with van der Waals surface area (Å²) in [5.74, 6) is -4.48. The van der Waals surface area contributed by atoms with Gasteiger partial charge in [-0.05, 0) is 24.3 Å². The number of hydrogen-bond acceptors (Lipinski definition) is 8. The fourth-order valence-corrected chi connectivity index (χ4v) is 3.41. The van der Waals surface area contributed by atoms with Gasteiger partial charge in [-0.25, -0.2) is 18.7 Å². The second-order valence-corrected chi connectivity index (χ2v) is 7.80. The Hall–Kier alpha value is -2.41. The third-order valence-electron chi connectivity index (χ3n) is 4.84. The topological polar surface area (TPSA) is 127 Å². The third kappa shape index (κ3) is 5.57. The van der Waals surface area contributed by atoms with E-state index >= 15 is 0 Å². The van der Waals surface area contributed by atoms with E-state index in [1.165, 1.54) is 18.2 Å². The molecule has 1 heterocycles. The first-order chi connectivity index (χ1) is 15.7. The Labute approximate surface area is 195 Å². The monoisotopic (exact) mass is 507 g/mol. The van der Waals surface area contributed by atoms with Gasteiger partial charge in [0.2, 0.25) is 6.29 Å². The maximum absolute atomic E-state index is 13.5. The Balaban J connectivity index is 1.84. The van der Waals surface area contributed by atoms with Gasteiger partial charge in [0.05, 0.1) is 22.7 Å². The van der Waals surface area contributed by atoms with Gasteiger partial charge in [0.1, 0.15) is 29.8 Å². The van der Waals surface area contributed by atoms with Crippen LogP contribution in [0.1, 0.15) is 5.56 Å². The zero-order valence-corrected chi connectivity index (χ0v) is 18.1. The summed E-state index contributed by atoms with van der Waals surface area (Å²) in [7, 11) is 0. The number of ether oxygens (including phenoxy) is 2. The standard InChI is InChI=1S/C20H18Cl2F3N3O5/c21-10-2-1-9(5-11(10)22)32-20-19(31)17(18(30)15(7-29)33-20)27-6-14(28-26)8-3-12(23)16(25)13(24)4-8/h1-6,15,17-20,26-27,29-31H,7H2/b14-6-,28-26?/t15?,17?,18-,19?,20-/m0/s1. The summed E-state index contributed by atoms with van der Waals surface area (Å²) in [6.07, 6.45) is -4.59. The van der Waals surface area contributed by atoms with E-state index in [9.17, 15) is 28.5 Å². The lowest BCUT2D eigenvalue weighted by molar-refractivity contribution is -0.250. The fourth-order valence-electron chi connectivity index (χ4n) is 3.12. The number of hydrogen-bond donors (Lipinski definition) is 5. The van der Waals surface area contributed by atoms with Crippen molar-refractivity contribution in [2.75, 3.05) is 6.61 Å². The van der Waals surface area contributed by atoms with E-state index in [1.54, 1.807) is 0 Å². The van der Waals surface area contributed by atoms with Gasteiger partial charge >= 0.3 is 0 Å². The molecule has 2 aromatic carbocycles. The molecule has 1 aliphatic heterocycles. The van der Waals surface area contributed by atoms with Crippen LogP contribution in [0.5, 0.6) is 5.75 Å². The Morgan fingerprint density at radius 3 is 2.36 bits per heavy atom. The largest absolute Gasteiger partial charge is 0.462 e. The van der Waals surface area contributed by atoms with Gasteiger partial charge < -0.3 is 30.1 Å². The normalized spacial score (nSPS) is 25.6. The van der Waals surface area contributed by atoms with Crippen molar-refractivity contribution in [1.82, 2.24) is 5.32 Å². The molecule has 0 aliphatic carbocycles. The van der Waals surface area contributed by atoms with Gasteiger partial charge in [0.25, 0.3) is 0 Å². The lowest BCUT2D eigenvalue weighted by Crippen LogP contribution is -2.64. The summed E-state index contributed by atoms with van der Waals surface area (Å²) >= 11 is 11.8. The first-order valence-electron chi connectivity index (χ1n) is 9.39. The van der Waals surface area contributed by atoms with E-state index in [-0.39, 0.29) is 27.1 Å². The SMILES string of the molecule is N=N/C(=C\NC1C(O)[C@@H](Oc2ccc(Cl)c(Cl)c2)OC(CO)[C@@H]1O)c1cc(F)c(F)c(F)c1. The van der Waals surface area contributed by atoms with Crippen LogP contribution < -0.4 is 10.1 Å². The van der Waals surface area contributed by atoms with E-state index in [2.05, 4.69) is 10.4 Å². The molecule has 13 heteroatoms. The van der Waals surface area contributed by atoms with Crippen LogP contribution in [0.25, 0.3) is 5.70 Å². The summed E-state index contributed by atoms with van der Waals surface area (Å²) < 4.78 is 51.3. The van der Waals surface area contributed by atoms with Crippen LogP contribution in [0.3, 0.4) is 0 Å². The van der Waals surface area contributed by atoms with Gasteiger partial charge in [0, 0.05) is 17.8 Å². The van der Waals surface area contributed by atoms with Gasteiger partial charge in [-0.3, -0.25) is 0 Å². The second-order valence-electron chi connectivity index (χ2n) is 6.99. The molecule has 1 aliphatic rings. The van der Waals surface area contributed by atoms with Gasteiger partial charge in [-0.2, -0.15) is 5.11 Å². The maximum Gasteiger partial charge on any atom is 0.228 e. The predicted molar refractivity (Wildman–Crippen MR) is 111 cm³/mol. The molecule has 3 unspecified atom stereocenters. The molecule has 1 saturated heterocycles. The van der Waals surface area contributed by atoms with Crippen LogP contribution in [0.2, 0.25) is 10.0 Å². The summed E-state index contributed by atoms with van der Waals surface area (Å²) in [5, 5.41) is 36.9. The number of halogens is 5. The number of aliphatic hydroxyl groups is 3. The van der Waals surface area contributed by atoms with Crippen LogP contribution in [0.15, 0.2) is 41.6 Å². The number of rotatable bonds is 7. The van der Waals surface area contributed by atoms with Crippen molar-refractivity contribution in [3.05, 3.63) is 69.6 Å². The first kappa shape index (κ1) is 25.2. The predicted octanol–water partition coefficient (Wildman–Crippen LogP) is 3.22. The average molecular weight is 508 g/mol. The fraction of sp³-hybridized carbons (Fsp3) is 0.300. The van der Waals surface area contributed by atoms with E-state index in [0.717, 1.165) is 6.20 Å². The maximum atomic E-state index is 13.5. The van der Waals surface area contributed by atoms with E-state index in [4.69, 9.17) is 38.2 Å². The minimum Gasteiger partial charge on any atom is -0.462 e. The Kier molecular flexibility index (Phi) is 8.16. The van der Waals surface area contributed by atoms with Crippen molar-refractivity contribution in [2.45, 2.75) is 30.6 Å².